The molecule has 1 aliphatic carbocycles. The maximum absolute atomic E-state index is 13.6. The van der Waals surface area contributed by atoms with Gasteiger partial charge in [0, 0.05) is 80.2 Å². The predicted molar refractivity (Wildman–Crippen MR) is 213 cm³/mol. The number of carbonyl (C=O) groups excluding carboxylic acids is 5. The van der Waals surface area contributed by atoms with E-state index in [1.165, 1.54) is 0 Å². The Morgan fingerprint density at radius 2 is 1.74 bits per heavy atom. The number of rotatable bonds is 8. The van der Waals surface area contributed by atoms with Crippen LogP contribution >= 0.6 is 11.3 Å². The molecule has 5 aromatic rings. The van der Waals surface area contributed by atoms with Crippen LogP contribution in [0.15, 0.2) is 55.0 Å². The number of nitriles is 1. The van der Waals surface area contributed by atoms with Gasteiger partial charge in [0.05, 0.1) is 27.9 Å². The zero-order valence-electron chi connectivity index (χ0n) is 31.6. The summed E-state index contributed by atoms with van der Waals surface area (Å²) in [6.45, 7) is 1.08. The molecule has 0 bridgehead atoms. The van der Waals surface area contributed by atoms with Gasteiger partial charge in [0.1, 0.15) is 28.6 Å². The fraction of sp³-hybridized carbons (Fsp3) is 0.366. The van der Waals surface area contributed by atoms with Crippen molar-refractivity contribution in [1.29, 1.82) is 5.26 Å². The van der Waals surface area contributed by atoms with E-state index >= 15 is 0 Å². The van der Waals surface area contributed by atoms with E-state index < -0.39 is 29.7 Å². The molecule has 3 N–H and O–H groups in total. The third-order valence-corrected chi connectivity index (χ3v) is 12.9. The average molecular weight is 798 g/mol. The zero-order chi connectivity index (χ0) is 40.1. The molecule has 9 rings (SSSR count). The highest BCUT2D eigenvalue weighted by Gasteiger charge is 2.46. The van der Waals surface area contributed by atoms with Crippen molar-refractivity contribution < 1.29 is 24.0 Å². The lowest BCUT2D eigenvalue weighted by Gasteiger charge is -2.35. The second-order valence-electron chi connectivity index (χ2n) is 15.2. The van der Waals surface area contributed by atoms with Gasteiger partial charge in [-0.15, -0.1) is 10.2 Å². The number of piperidine rings is 2. The Morgan fingerprint density at radius 3 is 2.50 bits per heavy atom. The molecule has 17 heteroatoms. The van der Waals surface area contributed by atoms with Crippen LogP contribution in [-0.4, -0.2) is 91.4 Å². The molecule has 3 aliphatic heterocycles. The van der Waals surface area contributed by atoms with Crippen molar-refractivity contribution in [2.24, 2.45) is 5.92 Å². The monoisotopic (exact) mass is 797 g/mol. The maximum atomic E-state index is 13.6. The number of aromatic nitrogens is 5. The van der Waals surface area contributed by atoms with Crippen molar-refractivity contribution in [2.75, 3.05) is 30.4 Å². The van der Waals surface area contributed by atoms with E-state index in [4.69, 9.17) is 4.98 Å². The van der Waals surface area contributed by atoms with Gasteiger partial charge in [0.2, 0.25) is 17.7 Å². The second kappa shape index (κ2) is 15.1. The molecule has 5 amide bonds. The van der Waals surface area contributed by atoms with E-state index in [9.17, 15) is 29.2 Å². The van der Waals surface area contributed by atoms with Crippen LogP contribution < -0.4 is 20.9 Å². The lowest BCUT2D eigenvalue weighted by Crippen LogP contribution is -2.54. The number of pyridine rings is 2. The van der Waals surface area contributed by atoms with Gasteiger partial charge in [0.15, 0.2) is 5.01 Å². The molecule has 2 saturated heterocycles. The molecule has 58 heavy (non-hydrogen) atoms. The summed E-state index contributed by atoms with van der Waals surface area (Å²) in [6, 6.07) is 12.0. The summed E-state index contributed by atoms with van der Waals surface area (Å²) < 4.78 is 1.89. The molecule has 0 spiro atoms. The number of imide groups is 2. The normalized spacial score (nSPS) is 21.2. The van der Waals surface area contributed by atoms with Gasteiger partial charge in [-0.25, -0.2) is 9.97 Å². The van der Waals surface area contributed by atoms with Crippen LogP contribution in [0, 0.1) is 17.2 Å². The molecule has 1 unspecified atom stereocenters. The molecule has 0 radical (unpaired) electrons. The van der Waals surface area contributed by atoms with Gasteiger partial charge < -0.3 is 15.5 Å². The minimum Gasteiger partial charge on any atom is -0.387 e. The van der Waals surface area contributed by atoms with Crippen LogP contribution in [0.4, 0.5) is 11.4 Å². The number of hydrogen-bond donors (Lipinski definition) is 3. The quantitative estimate of drug-likeness (QED) is 0.188. The summed E-state index contributed by atoms with van der Waals surface area (Å²) in [6.07, 6.45) is 10.0. The van der Waals surface area contributed by atoms with Crippen LogP contribution in [0.1, 0.15) is 88.6 Å². The van der Waals surface area contributed by atoms with Gasteiger partial charge in [-0.3, -0.25) is 38.8 Å². The van der Waals surface area contributed by atoms with Crippen molar-refractivity contribution in [1.82, 2.24) is 40.3 Å². The lowest BCUT2D eigenvalue weighted by atomic mass is 9.86. The molecule has 1 atom stereocenters. The van der Waals surface area contributed by atoms with Gasteiger partial charge in [0.25, 0.3) is 11.8 Å². The number of anilines is 2. The first-order chi connectivity index (χ1) is 28.2. The van der Waals surface area contributed by atoms with Crippen molar-refractivity contribution in [3.8, 4) is 22.5 Å². The smallest absolute Gasteiger partial charge is 0.264 e. The van der Waals surface area contributed by atoms with Gasteiger partial charge >= 0.3 is 0 Å². The number of nitrogens with zero attached hydrogens (tertiary/aromatic N) is 8. The number of amides is 5. The Morgan fingerprint density at radius 1 is 0.931 bits per heavy atom. The van der Waals surface area contributed by atoms with E-state index in [0.717, 1.165) is 57.2 Å². The highest BCUT2D eigenvalue weighted by Crippen LogP contribution is 2.40. The van der Waals surface area contributed by atoms with Crippen LogP contribution in [0.5, 0.6) is 0 Å². The SMILES string of the molecule is CNc1cc(-n2ccc3cc(C#N)cnc32)ncc1-c1nnc(C2CCC(NC(=O)C3CCN(c4cccc5c4C(=O)N(C4CCC(=O)NC4=O)C5=O)CC3)CC2)s1. The van der Waals surface area contributed by atoms with Gasteiger partial charge in [-0.05, 0) is 69.2 Å². The largest absolute Gasteiger partial charge is 0.387 e. The lowest BCUT2D eigenvalue weighted by molar-refractivity contribution is -0.136. The van der Waals surface area contributed by atoms with Crippen molar-refractivity contribution in [3.05, 3.63) is 76.7 Å². The molecule has 1 aromatic carbocycles. The average Bonchev–Trinajstić information content (AvgIpc) is 3.97. The highest BCUT2D eigenvalue weighted by atomic mass is 32.1. The second-order valence-corrected chi connectivity index (χ2v) is 16.2. The summed E-state index contributed by atoms with van der Waals surface area (Å²) in [5, 5.41) is 29.8. The van der Waals surface area contributed by atoms with Crippen molar-refractivity contribution in [3.63, 3.8) is 0 Å². The standard InChI is InChI=1S/C41H39N11O5S/c1-43-29-18-32(51-16-13-25-17-22(19-42)20-45-35(25)51)44-21-28(29)39-49-48-38(58-39)24-5-7-26(8-6-24)46-36(54)23-11-14-50(15-12-23)30-4-2-3-27-34(30)41(57)52(40(27)56)31-9-10-33(53)47-37(31)55/h2-4,13,16-18,20-21,23-24,26,31H,5-12,14-15H2,1H3,(H,43,44)(H,46,54)(H,47,53,55). The summed E-state index contributed by atoms with van der Waals surface area (Å²) >= 11 is 1.57. The Balaban J connectivity index is 0.787. The van der Waals surface area contributed by atoms with Crippen molar-refractivity contribution in [2.45, 2.75) is 69.4 Å². The molecular formula is C41H39N11O5S. The van der Waals surface area contributed by atoms with E-state index in [1.807, 2.05) is 40.9 Å². The number of hydrogen-bond acceptors (Lipinski definition) is 13. The third-order valence-electron chi connectivity index (χ3n) is 11.8. The first kappa shape index (κ1) is 37.1. The molecule has 3 fully saturated rings. The van der Waals surface area contributed by atoms with E-state index in [-0.39, 0.29) is 47.8 Å². The number of nitrogens with one attached hydrogen (secondary N) is 3. The molecule has 16 nitrogen and oxygen atoms in total. The first-order valence-electron chi connectivity index (χ1n) is 19.5. The zero-order valence-corrected chi connectivity index (χ0v) is 32.4. The highest BCUT2D eigenvalue weighted by molar-refractivity contribution is 7.14. The molecule has 1 saturated carbocycles. The Kier molecular flexibility index (Phi) is 9.64. The Bertz CT molecular complexity index is 2540. The third kappa shape index (κ3) is 6.62. The van der Waals surface area contributed by atoms with E-state index in [0.29, 0.717) is 48.6 Å². The van der Waals surface area contributed by atoms with Crippen LogP contribution in [0.25, 0.3) is 27.4 Å². The first-order valence-corrected chi connectivity index (χ1v) is 20.3. The van der Waals surface area contributed by atoms with Crippen LogP contribution in [0.3, 0.4) is 0 Å². The molecule has 7 heterocycles. The number of fused-ring (bicyclic) bond motifs is 2. The molecule has 294 valence electrons. The number of carbonyl (C=O) groups is 5. The van der Waals surface area contributed by atoms with Gasteiger partial charge in [-0.2, -0.15) is 5.26 Å². The minimum atomic E-state index is -1.02. The summed E-state index contributed by atoms with van der Waals surface area (Å²) in [4.78, 5) is 76.9. The van der Waals surface area contributed by atoms with E-state index in [2.05, 4.69) is 37.2 Å². The summed E-state index contributed by atoms with van der Waals surface area (Å²) in [5.41, 5.74) is 4.06. The molecule has 4 aromatic heterocycles. The molecule has 4 aliphatic rings. The van der Waals surface area contributed by atoms with Gasteiger partial charge in [-0.1, -0.05) is 17.4 Å². The summed E-state index contributed by atoms with van der Waals surface area (Å²) in [7, 11) is 1.86. The fourth-order valence-electron chi connectivity index (χ4n) is 8.68. The topological polar surface area (TPSA) is 208 Å². The van der Waals surface area contributed by atoms with E-state index in [1.54, 1.807) is 41.9 Å². The number of benzene rings is 1. The maximum Gasteiger partial charge on any atom is 0.264 e. The van der Waals surface area contributed by atoms with Crippen molar-refractivity contribution >= 4 is 63.3 Å². The fourth-order valence-corrected chi connectivity index (χ4v) is 9.72. The Hall–Kier alpha value is -6.54. The molecular weight excluding hydrogens is 759 g/mol. The predicted octanol–water partition coefficient (Wildman–Crippen LogP) is 4.31. The minimum absolute atomic E-state index is 0.0426. The summed E-state index contributed by atoms with van der Waals surface area (Å²) in [5.74, 6) is -1.31. The Labute approximate surface area is 336 Å². The van der Waals surface area contributed by atoms with Crippen LogP contribution in [0.2, 0.25) is 0 Å². The van der Waals surface area contributed by atoms with Crippen LogP contribution in [-0.2, 0) is 14.4 Å².